The molecule has 0 rings (SSSR count). The molecule has 0 aliphatic carbocycles. The predicted molar refractivity (Wildman–Crippen MR) is 84.8 cm³/mol. The number of carbonyl (C=O) groups is 1. The normalized spacial score (nSPS) is 11.5. The van der Waals surface area contributed by atoms with E-state index >= 15 is 0 Å². The van der Waals surface area contributed by atoms with Crippen LogP contribution in [0.2, 0.25) is 0 Å². The number of amides is 1. The monoisotopic (exact) mass is 301 g/mol. The number of nitrogens with zero attached hydrogens (tertiary/aromatic N) is 1. The van der Waals surface area contributed by atoms with Gasteiger partial charge in [-0.15, -0.1) is 0 Å². The molecule has 0 aromatic rings. The third kappa shape index (κ3) is 15.1. The Balaban J connectivity index is 3.40. The molecule has 0 radical (unpaired) electrons. The zero-order valence-corrected chi connectivity index (χ0v) is 13.5. The van der Waals surface area contributed by atoms with Gasteiger partial charge in [0.2, 0.25) is 5.91 Å². The predicted octanol–water partition coefficient (Wildman–Crippen LogP) is 2.53. The summed E-state index contributed by atoms with van der Waals surface area (Å²) in [6.45, 7) is 5.87. The van der Waals surface area contributed by atoms with E-state index < -0.39 is 0 Å². The van der Waals surface area contributed by atoms with Gasteiger partial charge in [0.1, 0.15) is 6.61 Å². The highest BCUT2D eigenvalue weighted by atomic mass is 16.6. The fourth-order valence-electron chi connectivity index (χ4n) is 1.74. The van der Waals surface area contributed by atoms with E-state index in [1.54, 1.807) is 0 Å². The van der Waals surface area contributed by atoms with Gasteiger partial charge in [0.25, 0.3) is 0 Å². The van der Waals surface area contributed by atoms with Gasteiger partial charge >= 0.3 is 0 Å². The average molecular weight is 301 g/mol. The van der Waals surface area contributed by atoms with Gasteiger partial charge in [-0.05, 0) is 32.6 Å². The highest BCUT2D eigenvalue weighted by Crippen LogP contribution is 2.04. The van der Waals surface area contributed by atoms with Gasteiger partial charge in [-0.1, -0.05) is 24.9 Å². The van der Waals surface area contributed by atoms with Gasteiger partial charge in [0.15, 0.2) is 0 Å². The van der Waals surface area contributed by atoms with Crippen molar-refractivity contribution in [3.8, 4) is 0 Å². The Morgan fingerprint density at radius 1 is 1.10 bits per heavy atom. The Bertz CT molecular complexity index is 283. The second-order valence-electron chi connectivity index (χ2n) is 5.15. The van der Waals surface area contributed by atoms with Crippen molar-refractivity contribution >= 4 is 11.6 Å². The molecule has 0 aromatic carbocycles. The molecule has 0 aromatic heterocycles. The van der Waals surface area contributed by atoms with Crippen molar-refractivity contribution in [2.75, 3.05) is 19.8 Å². The maximum atomic E-state index is 11.5. The highest BCUT2D eigenvalue weighted by Gasteiger charge is 2.00. The number of nitrogens with one attached hydrogen (secondary N) is 1. The van der Waals surface area contributed by atoms with E-state index in [1.807, 2.05) is 6.92 Å². The zero-order chi connectivity index (χ0) is 15.8. The van der Waals surface area contributed by atoms with Crippen LogP contribution < -0.4 is 11.2 Å². The number of carbonyl (C=O) groups excluding carboxylic acids is 1. The molecule has 0 unspecified atom stereocenters. The Morgan fingerprint density at radius 2 is 1.86 bits per heavy atom. The lowest BCUT2D eigenvalue weighted by Crippen LogP contribution is -2.23. The molecular weight excluding hydrogens is 270 g/mol. The lowest BCUT2D eigenvalue weighted by molar-refractivity contribution is -0.121. The van der Waals surface area contributed by atoms with Gasteiger partial charge in [-0.2, -0.15) is 0 Å². The molecule has 0 spiro atoms. The molecule has 0 aliphatic rings. The smallest absolute Gasteiger partial charge is 0.219 e. The average Bonchev–Trinajstić information content (AvgIpc) is 2.47. The van der Waals surface area contributed by atoms with Gasteiger partial charge in [0, 0.05) is 19.4 Å². The number of oxime groups is 1. The first-order chi connectivity index (χ1) is 10.2. The topological polar surface area (TPSA) is 85.9 Å². The Kier molecular flexibility index (Phi) is 14.4. The van der Waals surface area contributed by atoms with Crippen LogP contribution in [0.15, 0.2) is 5.16 Å². The minimum absolute atomic E-state index is 0.166. The van der Waals surface area contributed by atoms with E-state index in [0.717, 1.165) is 57.2 Å². The molecule has 0 saturated heterocycles. The zero-order valence-electron chi connectivity index (χ0n) is 13.5. The van der Waals surface area contributed by atoms with E-state index in [9.17, 15) is 4.79 Å². The summed E-state index contributed by atoms with van der Waals surface area (Å²) < 4.78 is 0. The second-order valence-corrected chi connectivity index (χ2v) is 5.15. The van der Waals surface area contributed by atoms with Crippen LogP contribution in [0.4, 0.5) is 0 Å². The molecule has 3 N–H and O–H groups in total. The van der Waals surface area contributed by atoms with Crippen LogP contribution in [0.3, 0.4) is 0 Å². The summed E-state index contributed by atoms with van der Waals surface area (Å²) in [4.78, 5) is 21.0. The lowest BCUT2D eigenvalue weighted by atomic mass is 10.1. The Morgan fingerprint density at radius 3 is 2.57 bits per heavy atom. The Hall–Kier alpha value is -1.14. The number of rotatable bonds is 14. The number of nitrogens with two attached hydrogens (primary N) is 1. The molecule has 0 saturated carbocycles. The molecule has 0 heterocycles. The molecule has 6 heteroatoms. The third-order valence-electron chi connectivity index (χ3n) is 3.01. The summed E-state index contributed by atoms with van der Waals surface area (Å²) >= 11 is 0. The van der Waals surface area contributed by atoms with Gasteiger partial charge in [-0.25, -0.2) is 5.90 Å². The first-order valence-corrected chi connectivity index (χ1v) is 7.94. The van der Waals surface area contributed by atoms with Crippen LogP contribution in [0, 0.1) is 0 Å². The first kappa shape index (κ1) is 19.9. The summed E-state index contributed by atoms with van der Waals surface area (Å²) in [6, 6.07) is 0. The van der Waals surface area contributed by atoms with Crippen molar-refractivity contribution in [1.82, 2.24) is 5.32 Å². The molecule has 0 fully saturated rings. The fraction of sp³-hybridized carbons (Fsp3) is 0.867. The molecular formula is C15H31N3O3. The summed E-state index contributed by atoms with van der Waals surface area (Å²) in [5, 5.41) is 6.95. The third-order valence-corrected chi connectivity index (χ3v) is 3.01. The first-order valence-electron chi connectivity index (χ1n) is 7.94. The summed E-state index contributed by atoms with van der Waals surface area (Å²) in [5.41, 5.74) is 0.982. The van der Waals surface area contributed by atoms with Gasteiger partial charge < -0.3 is 15.0 Å². The molecule has 0 aliphatic heterocycles. The highest BCUT2D eigenvalue weighted by molar-refractivity contribution is 5.81. The summed E-state index contributed by atoms with van der Waals surface area (Å²) in [6.07, 6.45) is 7.43. The van der Waals surface area contributed by atoms with E-state index in [4.69, 9.17) is 10.7 Å². The fourth-order valence-corrected chi connectivity index (χ4v) is 1.74. The van der Waals surface area contributed by atoms with Crippen molar-refractivity contribution in [2.24, 2.45) is 11.1 Å². The van der Waals surface area contributed by atoms with E-state index in [0.29, 0.717) is 19.6 Å². The van der Waals surface area contributed by atoms with Crippen molar-refractivity contribution in [3.05, 3.63) is 0 Å². The maximum Gasteiger partial charge on any atom is 0.219 e. The number of hydrogen-bond acceptors (Lipinski definition) is 5. The minimum atomic E-state index is 0.166. The van der Waals surface area contributed by atoms with Crippen LogP contribution in [-0.2, 0) is 14.5 Å². The van der Waals surface area contributed by atoms with Crippen LogP contribution in [0.5, 0.6) is 0 Å². The number of unbranched alkanes of at least 4 members (excludes halogenated alkanes) is 3. The van der Waals surface area contributed by atoms with Crippen molar-refractivity contribution in [2.45, 2.75) is 65.2 Å². The standard InChI is InChI=1S/C15H31N3O3/c1-3-4-11-17-15(19)10-7-5-6-9-14(2)18-21-13-8-12-20-16/h3-13,16H2,1-2H3,(H,17,19)/b18-14-. The summed E-state index contributed by atoms with van der Waals surface area (Å²) in [5.74, 6) is 5.07. The van der Waals surface area contributed by atoms with Gasteiger partial charge in [0.05, 0.1) is 12.3 Å². The largest absolute Gasteiger partial charge is 0.396 e. The van der Waals surface area contributed by atoms with Crippen LogP contribution in [-0.4, -0.2) is 31.4 Å². The number of hydrogen-bond donors (Lipinski definition) is 2. The molecule has 6 nitrogen and oxygen atoms in total. The summed E-state index contributed by atoms with van der Waals surface area (Å²) in [7, 11) is 0. The van der Waals surface area contributed by atoms with E-state index in [1.165, 1.54) is 0 Å². The van der Waals surface area contributed by atoms with Crippen LogP contribution in [0.25, 0.3) is 0 Å². The molecule has 0 atom stereocenters. The quantitative estimate of drug-likeness (QED) is 0.293. The van der Waals surface area contributed by atoms with E-state index in [2.05, 4.69) is 22.2 Å². The molecule has 21 heavy (non-hydrogen) atoms. The Labute approximate surface area is 128 Å². The maximum absolute atomic E-state index is 11.5. The van der Waals surface area contributed by atoms with Crippen molar-refractivity contribution in [3.63, 3.8) is 0 Å². The van der Waals surface area contributed by atoms with E-state index in [-0.39, 0.29) is 5.91 Å². The molecule has 1 amide bonds. The molecule has 124 valence electrons. The molecule has 0 bridgehead atoms. The lowest BCUT2D eigenvalue weighted by Gasteiger charge is -2.04. The second kappa shape index (κ2) is 15.3. The van der Waals surface area contributed by atoms with Crippen LogP contribution in [0.1, 0.15) is 65.2 Å². The SMILES string of the molecule is CCCCNC(=O)CCCCC/C(C)=N\OCCCON. The minimum Gasteiger partial charge on any atom is -0.396 e. The van der Waals surface area contributed by atoms with Crippen molar-refractivity contribution < 1.29 is 14.5 Å². The van der Waals surface area contributed by atoms with Crippen molar-refractivity contribution in [1.29, 1.82) is 0 Å². The van der Waals surface area contributed by atoms with Crippen LogP contribution >= 0.6 is 0 Å². The van der Waals surface area contributed by atoms with Gasteiger partial charge in [-0.3, -0.25) is 4.79 Å².